The first kappa shape index (κ1) is 20.2. The Balaban J connectivity index is 1.63. The Hall–Kier alpha value is -2.68. The number of nitrogens with one attached hydrogen (secondary N) is 1. The molecule has 1 aromatic heterocycles. The Labute approximate surface area is 177 Å². The maximum Gasteiger partial charge on any atom is 0.341 e. The van der Waals surface area contributed by atoms with Crippen molar-refractivity contribution in [3.63, 3.8) is 0 Å². The normalized spacial score (nSPS) is 24.5. The quantitative estimate of drug-likeness (QED) is 0.623. The lowest BCUT2D eigenvalue weighted by atomic mass is 9.70. The molecule has 2 aliphatic carbocycles. The zero-order valence-corrected chi connectivity index (χ0v) is 17.3. The summed E-state index contributed by atoms with van der Waals surface area (Å²) in [6.45, 7) is 1.18. The molecular formula is C22H25F2N3O4. The van der Waals surface area contributed by atoms with Crippen molar-refractivity contribution in [2.24, 2.45) is 5.41 Å². The SMILES string of the molecule is COc1c(N2CC3(CNCCF)CC2C3)c(F)cc2c(=O)c(C(=O)O)cn(C3CC3)c12. The molecule has 0 amide bonds. The molecular weight excluding hydrogens is 408 g/mol. The number of carboxylic acids is 1. The molecule has 1 aromatic carbocycles. The van der Waals surface area contributed by atoms with Crippen LogP contribution in [0.5, 0.6) is 5.75 Å². The lowest BCUT2D eigenvalue weighted by Crippen LogP contribution is -2.42. The Bertz CT molecular complexity index is 1120. The minimum atomic E-state index is -1.33. The molecule has 2 N–H and O–H groups in total. The molecule has 2 aliphatic heterocycles. The van der Waals surface area contributed by atoms with Gasteiger partial charge in [0.25, 0.3) is 0 Å². The number of methoxy groups -OCH3 is 1. The van der Waals surface area contributed by atoms with Crippen LogP contribution >= 0.6 is 0 Å². The second-order valence-electron chi connectivity index (χ2n) is 9.01. The summed E-state index contributed by atoms with van der Waals surface area (Å²) in [7, 11) is 1.45. The fraction of sp³-hybridized carbons (Fsp3) is 0.545. The molecule has 2 bridgehead atoms. The number of rotatable bonds is 8. The zero-order valence-electron chi connectivity index (χ0n) is 17.3. The maximum absolute atomic E-state index is 15.4. The van der Waals surface area contributed by atoms with Crippen molar-refractivity contribution < 1.29 is 23.4 Å². The van der Waals surface area contributed by atoms with Gasteiger partial charge in [0.15, 0.2) is 11.6 Å². The van der Waals surface area contributed by atoms with E-state index in [2.05, 4.69) is 5.32 Å². The van der Waals surface area contributed by atoms with Gasteiger partial charge in [0.05, 0.1) is 18.0 Å². The second kappa shape index (κ2) is 7.19. The lowest BCUT2D eigenvalue weighted by Gasteiger charge is -2.37. The van der Waals surface area contributed by atoms with E-state index in [1.165, 1.54) is 13.3 Å². The topological polar surface area (TPSA) is 83.8 Å². The highest BCUT2D eigenvalue weighted by Crippen LogP contribution is 2.55. The Kier molecular flexibility index (Phi) is 4.69. The lowest BCUT2D eigenvalue weighted by molar-refractivity contribution is 0.0694. The summed E-state index contributed by atoms with van der Waals surface area (Å²) < 4.78 is 35.3. The van der Waals surface area contributed by atoms with E-state index in [1.54, 1.807) is 4.57 Å². The monoisotopic (exact) mass is 433 g/mol. The molecule has 4 fully saturated rings. The number of pyridine rings is 1. The summed E-state index contributed by atoms with van der Waals surface area (Å²) in [5.41, 5.74) is -0.321. The van der Waals surface area contributed by atoms with E-state index in [0.717, 1.165) is 31.7 Å². The fourth-order valence-corrected chi connectivity index (χ4v) is 5.36. The van der Waals surface area contributed by atoms with E-state index < -0.39 is 23.9 Å². The molecule has 0 spiro atoms. The number of carboxylic acid groups (broad SMARTS) is 1. The average molecular weight is 433 g/mol. The van der Waals surface area contributed by atoms with E-state index >= 15 is 4.39 Å². The second-order valence-corrected chi connectivity index (χ2v) is 9.01. The molecule has 2 saturated heterocycles. The predicted molar refractivity (Wildman–Crippen MR) is 112 cm³/mol. The number of ether oxygens (including phenoxy) is 1. The number of hydrogen-bond acceptors (Lipinski definition) is 5. The van der Waals surface area contributed by atoms with Crippen LogP contribution in [0.2, 0.25) is 0 Å². The molecule has 166 valence electrons. The summed E-state index contributed by atoms with van der Waals surface area (Å²) in [6, 6.07) is 1.38. The van der Waals surface area contributed by atoms with Crippen LogP contribution in [0.25, 0.3) is 10.9 Å². The van der Waals surface area contributed by atoms with Gasteiger partial charge in [0.2, 0.25) is 5.43 Å². The van der Waals surface area contributed by atoms with Crippen LogP contribution in [-0.2, 0) is 0 Å². The first-order valence-electron chi connectivity index (χ1n) is 10.6. The number of nitrogens with zero attached hydrogens (tertiary/aromatic N) is 2. The molecule has 6 rings (SSSR count). The predicted octanol–water partition coefficient (Wildman–Crippen LogP) is 2.71. The first-order chi connectivity index (χ1) is 14.9. The standard InChI is InChI=1S/C22H25F2N3O4/c1-31-20-17-14(19(28)15(21(29)30)9-26(17)12-2-3-12)6-16(24)18(20)27-11-22(7-13(27)8-22)10-25-5-4-23/h6,9,12-13,25H,2-5,7-8,10-11H2,1H3,(H,29,30). The van der Waals surface area contributed by atoms with Gasteiger partial charge >= 0.3 is 5.97 Å². The number of halogens is 2. The van der Waals surface area contributed by atoms with Crippen molar-refractivity contribution in [1.29, 1.82) is 0 Å². The van der Waals surface area contributed by atoms with E-state index in [-0.39, 0.29) is 34.2 Å². The van der Waals surface area contributed by atoms with Crippen molar-refractivity contribution in [3.05, 3.63) is 33.9 Å². The Morgan fingerprint density at radius 2 is 2.10 bits per heavy atom. The molecule has 0 atom stereocenters. The van der Waals surface area contributed by atoms with Gasteiger partial charge < -0.3 is 24.6 Å². The first-order valence-corrected chi connectivity index (χ1v) is 10.6. The van der Waals surface area contributed by atoms with E-state index in [1.807, 2.05) is 4.90 Å². The molecule has 2 saturated carbocycles. The van der Waals surface area contributed by atoms with Gasteiger partial charge in [-0.05, 0) is 31.7 Å². The van der Waals surface area contributed by atoms with Gasteiger partial charge in [-0.1, -0.05) is 0 Å². The number of anilines is 1. The summed E-state index contributed by atoms with van der Waals surface area (Å²) in [4.78, 5) is 26.4. The van der Waals surface area contributed by atoms with Gasteiger partial charge in [-0.3, -0.25) is 4.79 Å². The van der Waals surface area contributed by atoms with Crippen LogP contribution in [0, 0.1) is 11.2 Å². The molecule has 9 heteroatoms. The average Bonchev–Trinajstić information content (AvgIpc) is 3.41. The van der Waals surface area contributed by atoms with E-state index in [4.69, 9.17) is 4.74 Å². The van der Waals surface area contributed by atoms with E-state index in [9.17, 15) is 19.1 Å². The number of aromatic nitrogens is 1. The fourth-order valence-electron chi connectivity index (χ4n) is 5.36. The van der Waals surface area contributed by atoms with Gasteiger partial charge in [0, 0.05) is 43.3 Å². The van der Waals surface area contributed by atoms with Gasteiger partial charge in [-0.15, -0.1) is 0 Å². The minimum Gasteiger partial charge on any atom is -0.492 e. The highest BCUT2D eigenvalue weighted by Gasteiger charge is 2.55. The molecule has 31 heavy (non-hydrogen) atoms. The van der Waals surface area contributed by atoms with E-state index in [0.29, 0.717) is 30.8 Å². The van der Waals surface area contributed by atoms with Gasteiger partial charge in [-0.2, -0.15) is 0 Å². The smallest absolute Gasteiger partial charge is 0.341 e. The highest BCUT2D eigenvalue weighted by molar-refractivity contribution is 5.97. The number of carbonyl (C=O) groups is 1. The van der Waals surface area contributed by atoms with Gasteiger partial charge in [-0.25, -0.2) is 13.6 Å². The number of fused-ring (bicyclic) bond motifs is 2. The van der Waals surface area contributed by atoms with Crippen LogP contribution in [0.3, 0.4) is 0 Å². The van der Waals surface area contributed by atoms with Crippen molar-refractivity contribution in [1.82, 2.24) is 9.88 Å². The van der Waals surface area contributed by atoms with Crippen LogP contribution in [0.4, 0.5) is 14.5 Å². The molecule has 4 aliphatic rings. The summed E-state index contributed by atoms with van der Waals surface area (Å²) in [5.74, 6) is -1.64. The van der Waals surface area contributed by atoms with Crippen LogP contribution in [0.15, 0.2) is 17.1 Å². The molecule has 0 radical (unpaired) electrons. The minimum absolute atomic E-state index is 0.0183. The number of hydrogen-bond donors (Lipinski definition) is 2. The molecule has 7 nitrogen and oxygen atoms in total. The van der Waals surface area contributed by atoms with Gasteiger partial charge in [0.1, 0.15) is 17.9 Å². The van der Waals surface area contributed by atoms with Crippen molar-refractivity contribution >= 4 is 22.6 Å². The van der Waals surface area contributed by atoms with Crippen molar-refractivity contribution in [3.8, 4) is 5.75 Å². The van der Waals surface area contributed by atoms with Crippen LogP contribution in [0.1, 0.15) is 42.1 Å². The van der Waals surface area contributed by atoms with Crippen molar-refractivity contribution in [2.45, 2.75) is 37.8 Å². The van der Waals surface area contributed by atoms with Crippen LogP contribution in [-0.4, -0.2) is 55.1 Å². The molecule has 3 heterocycles. The summed E-state index contributed by atoms with van der Waals surface area (Å²) >= 11 is 0. The maximum atomic E-state index is 15.4. The summed E-state index contributed by atoms with van der Waals surface area (Å²) in [6.07, 6.45) is 4.87. The summed E-state index contributed by atoms with van der Waals surface area (Å²) in [5, 5.41) is 12.6. The Morgan fingerprint density at radius 3 is 2.71 bits per heavy atom. The largest absolute Gasteiger partial charge is 0.492 e. The van der Waals surface area contributed by atoms with Crippen LogP contribution < -0.4 is 20.4 Å². The number of aromatic carboxylic acids is 1. The third-order valence-corrected chi connectivity index (χ3v) is 6.92. The Morgan fingerprint density at radius 1 is 1.35 bits per heavy atom. The third kappa shape index (κ3) is 3.09. The molecule has 2 aromatic rings. The highest BCUT2D eigenvalue weighted by atomic mass is 19.1. The zero-order chi connectivity index (χ0) is 21.9. The van der Waals surface area contributed by atoms with Crippen molar-refractivity contribution in [2.75, 3.05) is 38.3 Å². The third-order valence-electron chi connectivity index (χ3n) is 6.92. The number of alkyl halides is 1. The number of benzene rings is 1. The molecule has 0 unspecified atom stereocenters.